The number of anilines is 2. The zero-order chi connectivity index (χ0) is 18.4. The van der Waals surface area contributed by atoms with Crippen molar-refractivity contribution in [2.75, 3.05) is 23.3 Å². The first kappa shape index (κ1) is 19.1. The summed E-state index contributed by atoms with van der Waals surface area (Å²) in [5.41, 5.74) is 1.36. The molecule has 1 aliphatic rings. The van der Waals surface area contributed by atoms with E-state index in [4.69, 9.17) is 4.74 Å². The molecule has 2 amide bonds. The lowest BCUT2D eigenvalue weighted by Crippen LogP contribution is -2.39. The van der Waals surface area contributed by atoms with E-state index < -0.39 is 11.7 Å². The lowest BCUT2D eigenvalue weighted by atomic mass is 10.2. The van der Waals surface area contributed by atoms with Crippen molar-refractivity contribution < 1.29 is 14.3 Å². The van der Waals surface area contributed by atoms with E-state index in [1.165, 1.54) is 12.8 Å². The molecule has 0 unspecified atom stereocenters. The molecule has 25 heavy (non-hydrogen) atoms. The fraction of sp³-hybridized carbons (Fsp3) is 0.579. The first-order valence-corrected chi connectivity index (χ1v) is 8.87. The number of amides is 2. The smallest absolute Gasteiger partial charge is 0.407 e. The molecule has 1 saturated heterocycles. The lowest BCUT2D eigenvalue weighted by molar-refractivity contribution is -0.116. The molecular weight excluding hydrogens is 318 g/mol. The largest absolute Gasteiger partial charge is 0.444 e. The SMILES string of the molecule is C[C@H](CC(=O)Nc1cccc(N2CCCC2)c1)NC(=O)OC(C)(C)C. The molecule has 1 heterocycles. The van der Waals surface area contributed by atoms with Crippen LogP contribution in [0.2, 0.25) is 0 Å². The zero-order valence-electron chi connectivity index (χ0n) is 15.6. The quantitative estimate of drug-likeness (QED) is 0.855. The number of rotatable bonds is 5. The number of nitrogens with zero attached hydrogens (tertiary/aromatic N) is 1. The molecule has 1 aromatic rings. The summed E-state index contributed by atoms with van der Waals surface area (Å²) < 4.78 is 5.19. The van der Waals surface area contributed by atoms with Crippen LogP contribution in [0, 0.1) is 0 Å². The van der Waals surface area contributed by atoms with Crippen LogP contribution in [0.25, 0.3) is 0 Å². The number of hydrogen-bond acceptors (Lipinski definition) is 4. The summed E-state index contributed by atoms with van der Waals surface area (Å²) in [4.78, 5) is 26.3. The van der Waals surface area contributed by atoms with Crippen molar-refractivity contribution in [3.8, 4) is 0 Å². The van der Waals surface area contributed by atoms with E-state index in [1.807, 2.05) is 18.2 Å². The van der Waals surface area contributed by atoms with E-state index in [1.54, 1.807) is 27.7 Å². The van der Waals surface area contributed by atoms with Crippen LogP contribution in [-0.2, 0) is 9.53 Å². The van der Waals surface area contributed by atoms with Crippen LogP contribution < -0.4 is 15.5 Å². The Morgan fingerprint density at radius 1 is 1.24 bits per heavy atom. The van der Waals surface area contributed by atoms with E-state index in [0.717, 1.165) is 24.5 Å². The van der Waals surface area contributed by atoms with Crippen LogP contribution in [0.5, 0.6) is 0 Å². The summed E-state index contributed by atoms with van der Waals surface area (Å²) in [5.74, 6) is -0.137. The lowest BCUT2D eigenvalue weighted by Gasteiger charge is -2.22. The summed E-state index contributed by atoms with van der Waals surface area (Å²) in [5, 5.41) is 5.58. The number of carbonyl (C=O) groups excluding carboxylic acids is 2. The van der Waals surface area contributed by atoms with Gasteiger partial charge < -0.3 is 20.3 Å². The topological polar surface area (TPSA) is 70.7 Å². The molecule has 1 atom stereocenters. The maximum atomic E-state index is 12.2. The summed E-state index contributed by atoms with van der Waals surface area (Å²) in [6.07, 6.45) is 2.10. The molecule has 0 bridgehead atoms. The fourth-order valence-corrected chi connectivity index (χ4v) is 2.81. The molecule has 138 valence electrons. The maximum absolute atomic E-state index is 12.2. The first-order valence-electron chi connectivity index (χ1n) is 8.87. The molecule has 6 nitrogen and oxygen atoms in total. The van der Waals surface area contributed by atoms with Crippen LogP contribution in [0.15, 0.2) is 24.3 Å². The summed E-state index contributed by atoms with van der Waals surface area (Å²) in [6.45, 7) is 9.32. The highest BCUT2D eigenvalue weighted by Crippen LogP contribution is 2.23. The Hall–Kier alpha value is -2.24. The number of benzene rings is 1. The number of alkyl carbamates (subject to hydrolysis) is 1. The molecule has 0 aromatic heterocycles. The minimum absolute atomic E-state index is 0.137. The van der Waals surface area contributed by atoms with Gasteiger partial charge in [0.05, 0.1) is 0 Å². The van der Waals surface area contributed by atoms with E-state index in [0.29, 0.717) is 0 Å². The highest BCUT2D eigenvalue weighted by Gasteiger charge is 2.19. The van der Waals surface area contributed by atoms with E-state index in [2.05, 4.69) is 21.6 Å². The van der Waals surface area contributed by atoms with Gasteiger partial charge in [-0.1, -0.05) is 6.07 Å². The van der Waals surface area contributed by atoms with E-state index >= 15 is 0 Å². The molecule has 2 rings (SSSR count). The van der Waals surface area contributed by atoms with E-state index in [9.17, 15) is 9.59 Å². The highest BCUT2D eigenvalue weighted by atomic mass is 16.6. The fourth-order valence-electron chi connectivity index (χ4n) is 2.81. The average molecular weight is 347 g/mol. The van der Waals surface area contributed by atoms with Crippen LogP contribution in [0.4, 0.5) is 16.2 Å². The maximum Gasteiger partial charge on any atom is 0.407 e. The molecular formula is C19H29N3O3. The molecule has 6 heteroatoms. The van der Waals surface area contributed by atoms with Gasteiger partial charge in [0.15, 0.2) is 0 Å². The predicted octanol–water partition coefficient (Wildman–Crippen LogP) is 3.53. The van der Waals surface area contributed by atoms with Crippen molar-refractivity contribution in [1.29, 1.82) is 0 Å². The third-order valence-electron chi connectivity index (χ3n) is 3.86. The van der Waals surface area contributed by atoms with Gasteiger partial charge in [0, 0.05) is 36.9 Å². The second-order valence-electron chi connectivity index (χ2n) is 7.54. The Morgan fingerprint density at radius 3 is 2.56 bits per heavy atom. The second kappa shape index (κ2) is 8.23. The monoisotopic (exact) mass is 347 g/mol. The Morgan fingerprint density at radius 2 is 1.92 bits per heavy atom. The van der Waals surface area contributed by atoms with Crippen LogP contribution in [0.3, 0.4) is 0 Å². The molecule has 0 saturated carbocycles. The summed E-state index contributed by atoms with van der Waals surface area (Å²) >= 11 is 0. The first-order chi connectivity index (χ1) is 11.7. The highest BCUT2D eigenvalue weighted by molar-refractivity contribution is 5.91. The van der Waals surface area contributed by atoms with Crippen molar-refractivity contribution >= 4 is 23.4 Å². The van der Waals surface area contributed by atoms with Gasteiger partial charge in [-0.05, 0) is 58.7 Å². The number of carbonyl (C=O) groups is 2. The standard InChI is InChI=1S/C19H29N3O3/c1-14(20-18(24)25-19(2,3)4)12-17(23)21-15-8-7-9-16(13-15)22-10-5-6-11-22/h7-9,13-14H,5-6,10-12H2,1-4H3,(H,20,24)(H,21,23)/t14-/m1/s1. The van der Waals surface area contributed by atoms with Crippen molar-refractivity contribution in [2.24, 2.45) is 0 Å². The normalized spacial score (nSPS) is 15.6. The molecule has 0 radical (unpaired) electrons. The van der Waals surface area contributed by atoms with Gasteiger partial charge in [0.1, 0.15) is 5.60 Å². The zero-order valence-corrected chi connectivity index (χ0v) is 15.6. The second-order valence-corrected chi connectivity index (χ2v) is 7.54. The van der Waals surface area contributed by atoms with Gasteiger partial charge in [-0.15, -0.1) is 0 Å². The Bertz CT molecular complexity index is 604. The Labute approximate surface area is 149 Å². The molecule has 0 aliphatic carbocycles. The van der Waals surface area contributed by atoms with Crippen LogP contribution in [-0.4, -0.2) is 36.7 Å². The van der Waals surface area contributed by atoms with Crippen molar-refractivity contribution in [3.05, 3.63) is 24.3 Å². The number of hydrogen-bond donors (Lipinski definition) is 2. The minimum atomic E-state index is -0.553. The average Bonchev–Trinajstić information content (AvgIpc) is 2.98. The van der Waals surface area contributed by atoms with Crippen molar-refractivity contribution in [3.63, 3.8) is 0 Å². The van der Waals surface area contributed by atoms with Gasteiger partial charge in [-0.3, -0.25) is 4.79 Å². The van der Waals surface area contributed by atoms with Gasteiger partial charge in [-0.2, -0.15) is 0 Å². The molecule has 0 spiro atoms. The number of nitrogens with one attached hydrogen (secondary N) is 2. The van der Waals surface area contributed by atoms with Crippen molar-refractivity contribution in [2.45, 2.75) is 58.6 Å². The summed E-state index contributed by atoms with van der Waals surface area (Å²) in [7, 11) is 0. The van der Waals surface area contributed by atoms with Gasteiger partial charge >= 0.3 is 6.09 Å². The van der Waals surface area contributed by atoms with Crippen molar-refractivity contribution in [1.82, 2.24) is 5.32 Å². The molecule has 1 aliphatic heterocycles. The van der Waals surface area contributed by atoms with E-state index in [-0.39, 0.29) is 18.4 Å². The molecule has 1 aromatic carbocycles. The van der Waals surface area contributed by atoms with Gasteiger partial charge in [0.2, 0.25) is 5.91 Å². The minimum Gasteiger partial charge on any atom is -0.444 e. The van der Waals surface area contributed by atoms with Crippen LogP contribution in [0.1, 0.15) is 47.0 Å². The van der Waals surface area contributed by atoms with Gasteiger partial charge in [-0.25, -0.2) is 4.79 Å². The Balaban J connectivity index is 1.83. The third kappa shape index (κ3) is 6.64. The molecule has 2 N–H and O–H groups in total. The van der Waals surface area contributed by atoms with Gasteiger partial charge in [0.25, 0.3) is 0 Å². The molecule has 1 fully saturated rings. The number of ether oxygens (including phenoxy) is 1. The van der Waals surface area contributed by atoms with Crippen LogP contribution >= 0.6 is 0 Å². The predicted molar refractivity (Wildman–Crippen MR) is 100.0 cm³/mol. The summed E-state index contributed by atoms with van der Waals surface area (Å²) in [6, 6.07) is 7.58. The third-order valence-corrected chi connectivity index (χ3v) is 3.86. The Kier molecular flexibility index (Phi) is 6.28.